The Bertz CT molecular complexity index is 3010. The highest BCUT2D eigenvalue weighted by Crippen LogP contribution is 2.14. The van der Waals surface area contributed by atoms with Gasteiger partial charge in [-0.15, -0.1) is 0 Å². The van der Waals surface area contributed by atoms with E-state index in [2.05, 4.69) is 11.9 Å². The summed E-state index contributed by atoms with van der Waals surface area (Å²) in [4.78, 5) is 194. The number of carbonyl (C=O) groups is 13. The molecular formula is C71H131N15O27. The summed E-state index contributed by atoms with van der Waals surface area (Å²) in [5.74, 6) is -12.8. The number of nitrogens with two attached hydrogens (primary N) is 1. The Balaban J connectivity index is 7.17. The molecule has 13 amide bonds. The zero-order valence-corrected chi connectivity index (χ0v) is 68.0. The van der Waals surface area contributed by atoms with Crippen LogP contribution in [0.15, 0.2) is 12.3 Å². The number of primary amides is 1. The number of rotatable bonds is 57. The molecule has 0 aliphatic rings. The molecule has 0 aromatic heterocycles. The van der Waals surface area contributed by atoms with Gasteiger partial charge in [0.05, 0.1) is 171 Å². The smallest absolute Gasteiger partial charge is 0.242 e. The van der Waals surface area contributed by atoms with Crippen molar-refractivity contribution in [2.45, 2.75) is 182 Å². The van der Waals surface area contributed by atoms with Gasteiger partial charge in [-0.25, -0.2) is 0 Å². The average molecular weight is 1630 g/mol. The predicted octanol–water partition coefficient (Wildman–Crippen LogP) is -10.8. The Morgan fingerprint density at radius 3 is 0.451 bits per heavy atom. The largest absolute Gasteiger partial charge is 0.392 e. The van der Waals surface area contributed by atoms with Crippen LogP contribution in [0.5, 0.6) is 0 Å². The van der Waals surface area contributed by atoms with Crippen LogP contribution >= 0.6 is 0 Å². The van der Waals surface area contributed by atoms with Gasteiger partial charge < -0.3 is 146 Å². The highest BCUT2D eigenvalue weighted by Gasteiger charge is 2.36. The first-order chi connectivity index (χ1) is 52.2. The molecular weight excluding hydrogens is 1490 g/mol. The summed E-state index contributed by atoms with van der Waals surface area (Å²) in [6.07, 6.45) is -17.6. The van der Waals surface area contributed by atoms with Crippen LogP contribution in [-0.4, -0.2) is 481 Å². The minimum atomic E-state index is -1.40. The molecule has 0 aromatic carbocycles. The van der Waals surface area contributed by atoms with E-state index in [4.69, 9.17) is 5.73 Å². The van der Waals surface area contributed by atoms with Crippen molar-refractivity contribution >= 4 is 76.8 Å². The Hall–Kier alpha value is -7.95. The monoisotopic (exact) mass is 1630 g/mol. The van der Waals surface area contributed by atoms with Crippen LogP contribution in [0, 0.1) is 0 Å². The first-order valence-electron chi connectivity index (χ1n) is 37.5. The van der Waals surface area contributed by atoms with Crippen LogP contribution in [0.25, 0.3) is 0 Å². The van der Waals surface area contributed by atoms with Gasteiger partial charge in [0.2, 0.25) is 76.8 Å². The van der Waals surface area contributed by atoms with E-state index in [9.17, 15) is 134 Å². The lowest BCUT2D eigenvalue weighted by molar-refractivity contribution is -0.151. The SMILES string of the molecule is C=C(CNCC(C)O)N(CC(=O)N(CC(=O)N(CC(=O)N(CC(=O)N(CC(=O)N(CC(=O)N(CC(=O)N(CC(=O)N(CC(=O)N(CC(=O)N(CC(=O)N(CC(=O)N(CC(N)=O)CC(C)O)CC(C)O)CC(C)O)CC(C)O)CC(C)O)CC(C)O)CC(C)O)CC(C)O)CC(C)O)CC(C)O)CC(C)O)CC(C)O)CC(C)O. The third-order valence-corrected chi connectivity index (χ3v) is 16.0. The fourth-order valence-electron chi connectivity index (χ4n) is 11.4. The molecule has 42 nitrogen and oxygen atoms in total. The van der Waals surface area contributed by atoms with Crippen molar-refractivity contribution in [1.82, 2.24) is 69.0 Å². The highest BCUT2D eigenvalue weighted by atomic mass is 16.3. The second-order valence-electron chi connectivity index (χ2n) is 29.7. The summed E-state index contributed by atoms with van der Waals surface area (Å²) in [6, 6.07) is 0. The number of aliphatic hydroxyl groups excluding tert-OH is 14. The molecule has 0 radical (unpaired) electrons. The lowest BCUT2D eigenvalue weighted by Crippen LogP contribution is -2.55. The molecule has 14 atom stereocenters. The van der Waals surface area contributed by atoms with Gasteiger partial charge in [-0.1, -0.05) is 6.58 Å². The van der Waals surface area contributed by atoms with Gasteiger partial charge in [-0.3, -0.25) is 62.3 Å². The molecule has 652 valence electrons. The summed E-state index contributed by atoms with van der Waals surface area (Å²) in [7, 11) is 0. The van der Waals surface area contributed by atoms with Crippen LogP contribution in [0.3, 0.4) is 0 Å². The van der Waals surface area contributed by atoms with Crippen LogP contribution in [0.2, 0.25) is 0 Å². The molecule has 0 rings (SSSR count). The zero-order chi connectivity index (χ0) is 87.2. The lowest BCUT2D eigenvalue weighted by Gasteiger charge is -2.34. The van der Waals surface area contributed by atoms with Gasteiger partial charge in [0.1, 0.15) is 0 Å². The van der Waals surface area contributed by atoms with Gasteiger partial charge in [-0.2, -0.15) is 0 Å². The van der Waals surface area contributed by atoms with Gasteiger partial charge in [-0.05, 0) is 96.9 Å². The Labute approximate surface area is 661 Å². The van der Waals surface area contributed by atoms with Crippen LogP contribution in [0.4, 0.5) is 0 Å². The summed E-state index contributed by atoms with van der Waals surface area (Å²) >= 11 is 0. The van der Waals surface area contributed by atoms with Crippen LogP contribution in [0.1, 0.15) is 96.9 Å². The van der Waals surface area contributed by atoms with E-state index in [-0.39, 0.29) is 26.2 Å². The number of amides is 13. The van der Waals surface area contributed by atoms with E-state index < -0.39 is 319 Å². The second kappa shape index (κ2) is 53.2. The normalized spacial score (nSPS) is 15.1. The maximum atomic E-state index is 14.5. The quantitative estimate of drug-likeness (QED) is 0.0269. The maximum absolute atomic E-state index is 14.5. The van der Waals surface area contributed by atoms with E-state index in [1.165, 1.54) is 94.9 Å². The van der Waals surface area contributed by atoms with Crippen molar-refractivity contribution in [3.05, 3.63) is 12.3 Å². The Kier molecular flexibility index (Phi) is 49.5. The van der Waals surface area contributed by atoms with Crippen molar-refractivity contribution < 1.29 is 134 Å². The molecule has 14 unspecified atom stereocenters. The summed E-state index contributed by atoms with van der Waals surface area (Å²) in [5.41, 5.74) is 5.63. The van der Waals surface area contributed by atoms with Gasteiger partial charge >= 0.3 is 0 Å². The minimum absolute atomic E-state index is 0.0860. The molecule has 0 saturated heterocycles. The third-order valence-electron chi connectivity index (χ3n) is 16.0. The van der Waals surface area contributed by atoms with Crippen LogP contribution < -0.4 is 11.1 Å². The summed E-state index contributed by atoms with van der Waals surface area (Å²) < 4.78 is 0. The van der Waals surface area contributed by atoms with E-state index in [0.29, 0.717) is 5.70 Å². The van der Waals surface area contributed by atoms with Crippen molar-refractivity contribution in [2.75, 3.05) is 183 Å². The van der Waals surface area contributed by atoms with E-state index in [0.717, 1.165) is 58.8 Å². The average Bonchev–Trinajstić information content (AvgIpc) is 0.854. The minimum Gasteiger partial charge on any atom is -0.392 e. The predicted molar refractivity (Wildman–Crippen MR) is 405 cm³/mol. The fraction of sp³-hybridized carbons (Fsp3) is 0.789. The molecule has 0 spiro atoms. The van der Waals surface area contributed by atoms with Crippen LogP contribution in [-0.2, 0) is 62.3 Å². The first kappa shape index (κ1) is 105. The molecule has 0 saturated carbocycles. The van der Waals surface area contributed by atoms with Crippen molar-refractivity contribution in [2.24, 2.45) is 5.73 Å². The molecule has 0 aromatic rings. The fourth-order valence-corrected chi connectivity index (χ4v) is 11.4. The molecule has 0 heterocycles. The lowest BCUT2D eigenvalue weighted by atomic mass is 10.2. The Morgan fingerprint density at radius 1 is 0.221 bits per heavy atom. The number of hydrogen-bond acceptors (Lipinski definition) is 29. The van der Waals surface area contributed by atoms with Crippen molar-refractivity contribution in [3.63, 3.8) is 0 Å². The number of aliphatic hydroxyl groups is 14. The van der Waals surface area contributed by atoms with E-state index >= 15 is 0 Å². The summed E-state index contributed by atoms with van der Waals surface area (Å²) in [6.45, 7) is 4.62. The van der Waals surface area contributed by atoms with Gasteiger partial charge in [0, 0.05) is 104 Å². The molecule has 17 N–H and O–H groups in total. The zero-order valence-electron chi connectivity index (χ0n) is 68.0. The van der Waals surface area contributed by atoms with E-state index in [1.54, 1.807) is 6.92 Å². The molecule has 0 bridgehead atoms. The molecule has 113 heavy (non-hydrogen) atoms. The molecule has 0 aliphatic carbocycles. The first-order valence-corrected chi connectivity index (χ1v) is 37.5. The highest BCUT2D eigenvalue weighted by molar-refractivity contribution is 5.95. The third kappa shape index (κ3) is 45.7. The maximum Gasteiger partial charge on any atom is 0.242 e. The second-order valence-corrected chi connectivity index (χ2v) is 29.7. The molecule has 0 fully saturated rings. The number of nitrogens with zero attached hydrogens (tertiary/aromatic N) is 13. The van der Waals surface area contributed by atoms with Gasteiger partial charge in [0.25, 0.3) is 0 Å². The number of carbonyl (C=O) groups excluding carboxylic acids is 13. The number of nitrogens with one attached hydrogen (secondary N) is 1. The van der Waals surface area contributed by atoms with Crippen molar-refractivity contribution in [1.29, 1.82) is 0 Å². The summed E-state index contributed by atoms with van der Waals surface area (Å²) in [5, 5.41) is 149. The van der Waals surface area contributed by atoms with Crippen molar-refractivity contribution in [3.8, 4) is 0 Å². The topological polar surface area (TPSA) is 585 Å². The van der Waals surface area contributed by atoms with E-state index in [1.807, 2.05) is 0 Å². The number of hydrogen-bond donors (Lipinski definition) is 16. The molecule has 42 heteroatoms. The standard InChI is InChI=1S/C71H131N15O27/c1-44(16-73-17-45(2)87)74(18-46(3)88)32-60(102)76(20-48(5)90)34-62(104)78(22-50(7)92)36-64(106)80(24-52(9)94)38-66(108)82(26-54(11)96)40-68(110)84(28-56(13)98)42-70(112)86(30-58(15)100)43-71(113)85(29-57(14)99)41-69(111)83(27-55(12)97)39-67(109)81(25-53(10)95)37-65(107)79(23-51(8)93)35-63(105)77(21-49(6)91)33-61(103)75(19-47(4)89)31-59(72)101/h45-58,73,87-100H,1,16-43H2,2-15H3,(H2,72,101). The molecule has 0 aliphatic heterocycles. The van der Waals surface area contributed by atoms with Gasteiger partial charge in [0.15, 0.2) is 0 Å². The Morgan fingerprint density at radius 2 is 0.336 bits per heavy atom.